The second-order valence-electron chi connectivity index (χ2n) is 5.22. The maximum atomic E-state index is 12.4. The van der Waals surface area contributed by atoms with Crippen molar-refractivity contribution in [1.82, 2.24) is 0 Å². The first-order chi connectivity index (χ1) is 7.80. The smallest absolute Gasteiger partial charge is 0.391 e. The fourth-order valence-corrected chi connectivity index (χ4v) is 2.46. The van der Waals surface area contributed by atoms with Crippen LogP contribution in [-0.2, 0) is 0 Å². The van der Waals surface area contributed by atoms with Gasteiger partial charge in [-0.2, -0.15) is 13.2 Å². The van der Waals surface area contributed by atoms with Crippen molar-refractivity contribution in [3.05, 3.63) is 12.2 Å². The molecule has 1 aliphatic carbocycles. The van der Waals surface area contributed by atoms with E-state index in [9.17, 15) is 18.3 Å². The lowest BCUT2D eigenvalue weighted by Crippen LogP contribution is -2.32. The topological polar surface area (TPSA) is 20.2 Å². The fourth-order valence-electron chi connectivity index (χ4n) is 2.46. The predicted octanol–water partition coefficient (Wildman–Crippen LogP) is 4.07. The Bertz CT molecular complexity index is 252. The molecule has 0 aromatic rings. The molecule has 1 unspecified atom stereocenters. The summed E-state index contributed by atoms with van der Waals surface area (Å²) in [6, 6.07) is 0. The van der Waals surface area contributed by atoms with E-state index in [0.717, 1.165) is 12.0 Å². The predicted molar refractivity (Wildman–Crippen MR) is 61.6 cm³/mol. The number of alkyl halides is 3. The van der Waals surface area contributed by atoms with Crippen LogP contribution in [0.15, 0.2) is 12.2 Å². The average molecular weight is 250 g/mol. The highest BCUT2D eigenvalue weighted by Crippen LogP contribution is 2.40. The van der Waals surface area contributed by atoms with Crippen molar-refractivity contribution in [3.8, 4) is 0 Å². The molecule has 0 radical (unpaired) electrons. The summed E-state index contributed by atoms with van der Waals surface area (Å²) >= 11 is 0. The van der Waals surface area contributed by atoms with Crippen LogP contribution >= 0.6 is 0 Å². The first-order valence-electron chi connectivity index (χ1n) is 6.20. The van der Waals surface area contributed by atoms with Gasteiger partial charge in [0.25, 0.3) is 0 Å². The Morgan fingerprint density at radius 2 is 1.82 bits per heavy atom. The van der Waals surface area contributed by atoms with Crippen molar-refractivity contribution < 1.29 is 18.3 Å². The number of allylic oxidation sites excluding steroid dienone is 1. The van der Waals surface area contributed by atoms with Crippen molar-refractivity contribution in [2.75, 3.05) is 0 Å². The van der Waals surface area contributed by atoms with Crippen LogP contribution < -0.4 is 0 Å². The summed E-state index contributed by atoms with van der Waals surface area (Å²) in [7, 11) is 0. The lowest BCUT2D eigenvalue weighted by atomic mass is 9.78. The van der Waals surface area contributed by atoms with E-state index in [4.69, 9.17) is 0 Å². The van der Waals surface area contributed by atoms with Gasteiger partial charge in [-0.05, 0) is 51.4 Å². The molecule has 0 bridgehead atoms. The molecule has 0 heterocycles. The molecule has 1 atom stereocenters. The molecule has 0 aliphatic heterocycles. The van der Waals surface area contributed by atoms with Crippen LogP contribution in [0, 0.1) is 11.8 Å². The molecule has 0 aromatic carbocycles. The fraction of sp³-hybridized carbons (Fsp3) is 0.846. The number of halogens is 3. The highest BCUT2D eigenvalue weighted by molar-refractivity contribution is 4.89. The van der Waals surface area contributed by atoms with Gasteiger partial charge in [0.15, 0.2) is 0 Å². The first kappa shape index (κ1) is 14.6. The van der Waals surface area contributed by atoms with Gasteiger partial charge in [-0.1, -0.05) is 5.57 Å². The van der Waals surface area contributed by atoms with Gasteiger partial charge in [0, 0.05) is 0 Å². The maximum Gasteiger partial charge on any atom is 0.391 e. The third-order valence-electron chi connectivity index (χ3n) is 3.65. The third kappa shape index (κ3) is 4.70. The van der Waals surface area contributed by atoms with Crippen LogP contribution in [-0.4, -0.2) is 17.4 Å². The normalized spacial score (nSPS) is 27.8. The Hall–Kier alpha value is -0.510. The van der Waals surface area contributed by atoms with Gasteiger partial charge in [-0.25, -0.2) is 0 Å². The standard InChI is InChI=1S/C13H21F3O/c1-9(2)3-8-12(17)10-4-6-11(7-5-10)13(14,15)16/h10-12,17H,1,3-8H2,2H3. The Labute approximate surface area is 101 Å². The summed E-state index contributed by atoms with van der Waals surface area (Å²) in [6.07, 6.45) is -1.86. The summed E-state index contributed by atoms with van der Waals surface area (Å²) in [5.74, 6) is -1.12. The SMILES string of the molecule is C=C(C)CCC(O)C1CCC(C(F)(F)F)CC1. The van der Waals surface area contributed by atoms with E-state index in [1.807, 2.05) is 6.92 Å². The Morgan fingerprint density at radius 1 is 1.29 bits per heavy atom. The van der Waals surface area contributed by atoms with E-state index in [1.165, 1.54) is 0 Å². The van der Waals surface area contributed by atoms with E-state index in [2.05, 4.69) is 6.58 Å². The van der Waals surface area contributed by atoms with E-state index in [1.54, 1.807) is 0 Å². The van der Waals surface area contributed by atoms with Crippen molar-refractivity contribution in [3.63, 3.8) is 0 Å². The van der Waals surface area contributed by atoms with Gasteiger partial charge in [-0.15, -0.1) is 6.58 Å². The third-order valence-corrected chi connectivity index (χ3v) is 3.65. The summed E-state index contributed by atoms with van der Waals surface area (Å²) in [6.45, 7) is 5.65. The minimum absolute atomic E-state index is 0.0351. The van der Waals surface area contributed by atoms with Crippen LogP contribution in [0.5, 0.6) is 0 Å². The molecule has 0 saturated heterocycles. The molecule has 1 fully saturated rings. The monoisotopic (exact) mass is 250 g/mol. The Morgan fingerprint density at radius 3 is 2.24 bits per heavy atom. The van der Waals surface area contributed by atoms with Gasteiger partial charge >= 0.3 is 6.18 Å². The molecule has 17 heavy (non-hydrogen) atoms. The number of hydrogen-bond acceptors (Lipinski definition) is 1. The molecule has 100 valence electrons. The van der Waals surface area contributed by atoms with Crippen LogP contribution in [0.4, 0.5) is 13.2 Å². The maximum absolute atomic E-state index is 12.4. The van der Waals surface area contributed by atoms with Crippen LogP contribution in [0.2, 0.25) is 0 Å². The van der Waals surface area contributed by atoms with E-state index < -0.39 is 18.2 Å². The number of rotatable bonds is 4. The second kappa shape index (κ2) is 5.89. The van der Waals surface area contributed by atoms with Crippen molar-refractivity contribution in [1.29, 1.82) is 0 Å². The molecule has 4 heteroatoms. The van der Waals surface area contributed by atoms with Gasteiger partial charge in [0.1, 0.15) is 0 Å². The first-order valence-corrected chi connectivity index (χ1v) is 6.20. The van der Waals surface area contributed by atoms with Gasteiger partial charge in [0.05, 0.1) is 12.0 Å². The van der Waals surface area contributed by atoms with Crippen LogP contribution in [0.25, 0.3) is 0 Å². The van der Waals surface area contributed by atoms with Gasteiger partial charge < -0.3 is 5.11 Å². The van der Waals surface area contributed by atoms with Crippen molar-refractivity contribution in [2.24, 2.45) is 11.8 Å². The van der Waals surface area contributed by atoms with Gasteiger partial charge in [-0.3, -0.25) is 0 Å². The largest absolute Gasteiger partial charge is 0.393 e. The van der Waals surface area contributed by atoms with Crippen molar-refractivity contribution in [2.45, 2.75) is 57.7 Å². The van der Waals surface area contributed by atoms with E-state index in [0.29, 0.717) is 19.3 Å². The molecule has 1 rings (SSSR count). The lowest BCUT2D eigenvalue weighted by Gasteiger charge is -2.32. The van der Waals surface area contributed by atoms with E-state index in [-0.39, 0.29) is 18.8 Å². The number of hydrogen-bond donors (Lipinski definition) is 1. The molecule has 0 spiro atoms. The minimum atomic E-state index is -4.06. The second-order valence-corrected chi connectivity index (χ2v) is 5.22. The summed E-state index contributed by atoms with van der Waals surface area (Å²) in [5.41, 5.74) is 1.01. The summed E-state index contributed by atoms with van der Waals surface area (Å²) in [5, 5.41) is 9.89. The molecule has 1 aliphatic rings. The highest BCUT2D eigenvalue weighted by Gasteiger charge is 2.42. The molecule has 1 N–H and O–H groups in total. The number of aliphatic hydroxyl groups is 1. The van der Waals surface area contributed by atoms with Crippen molar-refractivity contribution >= 4 is 0 Å². The van der Waals surface area contributed by atoms with E-state index >= 15 is 0 Å². The summed E-state index contributed by atoms with van der Waals surface area (Å²) in [4.78, 5) is 0. The quantitative estimate of drug-likeness (QED) is 0.746. The Kier molecular flexibility index (Phi) is 5.04. The molecule has 1 nitrogen and oxygen atoms in total. The Balaban J connectivity index is 2.33. The molecule has 0 aromatic heterocycles. The average Bonchev–Trinajstić information content (AvgIpc) is 2.25. The molecular formula is C13H21F3O. The lowest BCUT2D eigenvalue weighted by molar-refractivity contribution is -0.185. The molecular weight excluding hydrogens is 229 g/mol. The molecule has 0 amide bonds. The zero-order chi connectivity index (χ0) is 13.1. The van der Waals surface area contributed by atoms with Crippen LogP contribution in [0.1, 0.15) is 45.4 Å². The zero-order valence-corrected chi connectivity index (χ0v) is 10.3. The zero-order valence-electron chi connectivity index (χ0n) is 10.3. The minimum Gasteiger partial charge on any atom is -0.393 e. The molecule has 1 saturated carbocycles. The van der Waals surface area contributed by atoms with Crippen LogP contribution in [0.3, 0.4) is 0 Å². The summed E-state index contributed by atoms with van der Waals surface area (Å²) < 4.78 is 37.3. The highest BCUT2D eigenvalue weighted by atomic mass is 19.4. The number of aliphatic hydroxyl groups excluding tert-OH is 1. The van der Waals surface area contributed by atoms with Gasteiger partial charge in [0.2, 0.25) is 0 Å².